The molecule has 9 nitrogen and oxygen atoms in total. The maximum absolute atomic E-state index is 13.3. The van der Waals surface area contributed by atoms with Crippen LogP contribution in [0.25, 0.3) is 10.9 Å². The van der Waals surface area contributed by atoms with Crippen LogP contribution in [0, 0.1) is 5.92 Å². The number of carbonyl (C=O) groups excluding carboxylic acids is 3. The minimum absolute atomic E-state index is 0.0463. The van der Waals surface area contributed by atoms with Crippen molar-refractivity contribution in [2.75, 3.05) is 34.2 Å². The molecule has 1 aliphatic carbocycles. The number of hydrogen-bond donors (Lipinski definition) is 4. The van der Waals surface area contributed by atoms with Gasteiger partial charge in [-0.05, 0) is 50.6 Å². The van der Waals surface area contributed by atoms with Crippen LogP contribution >= 0.6 is 23.4 Å². The summed E-state index contributed by atoms with van der Waals surface area (Å²) in [6.07, 6.45) is 2.62. The quantitative estimate of drug-likeness (QED) is 0.460. The monoisotopic (exact) mass is 544 g/mol. The Morgan fingerprint density at radius 1 is 1.14 bits per heavy atom. The fourth-order valence-electron chi connectivity index (χ4n) is 5.39. The second-order valence-electron chi connectivity index (χ2n) is 10.4. The summed E-state index contributed by atoms with van der Waals surface area (Å²) in [4.78, 5) is 47.5. The highest BCUT2D eigenvalue weighted by atomic mass is 35.5. The molecule has 5 rings (SSSR count). The Bertz CT molecular complexity index is 1260. The number of nitrogens with one attached hydrogen (secondary N) is 4. The van der Waals surface area contributed by atoms with E-state index >= 15 is 0 Å². The zero-order valence-electron chi connectivity index (χ0n) is 21.3. The number of nitrogens with zero attached hydrogens (tertiary/aromatic N) is 2. The number of rotatable bonds is 5. The molecule has 4 atom stereocenters. The first-order valence-corrected chi connectivity index (χ1v) is 13.9. The molecule has 1 unspecified atom stereocenters. The first kappa shape index (κ1) is 25.9. The van der Waals surface area contributed by atoms with Crippen LogP contribution in [0.4, 0.5) is 0 Å². The van der Waals surface area contributed by atoms with Gasteiger partial charge in [0.2, 0.25) is 5.91 Å². The molecular weight excluding hydrogens is 512 g/mol. The first-order valence-electron chi connectivity index (χ1n) is 12.6. The molecule has 3 heterocycles. The van der Waals surface area contributed by atoms with E-state index < -0.39 is 5.37 Å². The molecule has 198 valence electrons. The number of carbonyl (C=O) groups is 3. The molecule has 1 aromatic carbocycles. The molecule has 0 radical (unpaired) electrons. The van der Waals surface area contributed by atoms with Crippen LogP contribution in [0.15, 0.2) is 34.9 Å². The van der Waals surface area contributed by atoms with Crippen LogP contribution < -0.4 is 16.0 Å². The van der Waals surface area contributed by atoms with E-state index in [4.69, 9.17) is 11.6 Å². The van der Waals surface area contributed by atoms with E-state index in [-0.39, 0.29) is 35.7 Å². The van der Waals surface area contributed by atoms with Gasteiger partial charge in [-0.1, -0.05) is 23.4 Å². The molecule has 1 fully saturated rings. The number of likely N-dealkylation sites (N-methyl/N-ethyl adjacent to an activating group) is 1. The van der Waals surface area contributed by atoms with Gasteiger partial charge in [-0.2, -0.15) is 0 Å². The third-order valence-electron chi connectivity index (χ3n) is 7.41. The molecule has 0 spiro atoms. The minimum atomic E-state index is -0.406. The summed E-state index contributed by atoms with van der Waals surface area (Å²) in [5, 5.41) is 10.7. The summed E-state index contributed by atoms with van der Waals surface area (Å²) < 4.78 is 0. The highest BCUT2D eigenvalue weighted by Gasteiger charge is 2.39. The van der Waals surface area contributed by atoms with Crippen molar-refractivity contribution in [3.05, 3.63) is 45.6 Å². The SMILES string of the molecule is CN1CCC2=C(C1)SC(C(=O)N[C@@H]1C[C@@H](C(=O)N(C)C)CC[C@@H]1NC(=O)c1cc3cc(Cl)ccc3[nH]1)N2. The molecule has 37 heavy (non-hydrogen) atoms. The van der Waals surface area contributed by atoms with E-state index in [0.717, 1.165) is 36.1 Å². The van der Waals surface area contributed by atoms with Gasteiger partial charge in [-0.3, -0.25) is 14.4 Å². The molecule has 2 aliphatic heterocycles. The minimum Gasteiger partial charge on any atom is -0.368 e. The standard InChI is InChI=1S/C26H33ClN6O3S/c1-32(2)26(36)14-4-6-18(29-23(34)21-12-15-10-16(27)5-7-17(15)28-21)20(11-14)30-24(35)25-31-19-8-9-33(3)13-22(19)37-25/h5,7,10,12,14,18,20,25,28,31H,4,6,8-9,11,13H2,1-3H3,(H,29,34)(H,30,35)/t14-,18-,20+,25?/m0/s1. The third-order valence-corrected chi connectivity index (χ3v) is 8.87. The van der Waals surface area contributed by atoms with Gasteiger partial charge in [-0.15, -0.1) is 0 Å². The Balaban J connectivity index is 1.29. The highest BCUT2D eigenvalue weighted by Crippen LogP contribution is 2.35. The number of halogens is 1. The lowest BCUT2D eigenvalue weighted by molar-refractivity contribution is -0.135. The van der Waals surface area contributed by atoms with E-state index in [1.165, 1.54) is 4.91 Å². The predicted molar refractivity (Wildman–Crippen MR) is 146 cm³/mol. The van der Waals surface area contributed by atoms with Gasteiger partial charge in [0.15, 0.2) is 5.37 Å². The number of aromatic amines is 1. The zero-order chi connectivity index (χ0) is 26.3. The highest BCUT2D eigenvalue weighted by molar-refractivity contribution is 8.04. The van der Waals surface area contributed by atoms with E-state index in [1.807, 2.05) is 12.1 Å². The van der Waals surface area contributed by atoms with Crippen LogP contribution in [0.2, 0.25) is 5.02 Å². The lowest BCUT2D eigenvalue weighted by Crippen LogP contribution is -2.57. The fourth-order valence-corrected chi connectivity index (χ4v) is 6.83. The second-order valence-corrected chi connectivity index (χ2v) is 12.0. The van der Waals surface area contributed by atoms with Crippen LogP contribution in [-0.4, -0.2) is 84.2 Å². The van der Waals surface area contributed by atoms with E-state index in [0.29, 0.717) is 30.0 Å². The summed E-state index contributed by atoms with van der Waals surface area (Å²) >= 11 is 7.65. The number of hydrogen-bond acceptors (Lipinski definition) is 6. The second kappa shape index (κ2) is 10.6. The van der Waals surface area contributed by atoms with Crippen molar-refractivity contribution in [2.24, 2.45) is 5.92 Å². The van der Waals surface area contributed by atoms with Crippen LogP contribution in [0.1, 0.15) is 36.2 Å². The topological polar surface area (TPSA) is 110 Å². The van der Waals surface area contributed by atoms with Crippen molar-refractivity contribution in [3.8, 4) is 0 Å². The van der Waals surface area contributed by atoms with Crippen molar-refractivity contribution in [1.82, 2.24) is 30.7 Å². The Morgan fingerprint density at radius 2 is 1.95 bits per heavy atom. The van der Waals surface area contributed by atoms with Crippen molar-refractivity contribution in [3.63, 3.8) is 0 Å². The van der Waals surface area contributed by atoms with Gasteiger partial charge in [-0.25, -0.2) is 0 Å². The van der Waals surface area contributed by atoms with E-state index in [2.05, 4.69) is 32.9 Å². The average Bonchev–Trinajstić information content (AvgIpc) is 3.48. The average molecular weight is 545 g/mol. The molecule has 4 N–H and O–H groups in total. The van der Waals surface area contributed by atoms with E-state index in [9.17, 15) is 14.4 Å². The van der Waals surface area contributed by atoms with Gasteiger partial charge in [0, 0.05) is 78.1 Å². The van der Waals surface area contributed by atoms with Gasteiger partial charge < -0.3 is 30.7 Å². The Morgan fingerprint density at radius 3 is 2.73 bits per heavy atom. The van der Waals surface area contributed by atoms with Crippen molar-refractivity contribution in [1.29, 1.82) is 0 Å². The van der Waals surface area contributed by atoms with Gasteiger partial charge >= 0.3 is 0 Å². The third kappa shape index (κ3) is 5.61. The number of amides is 3. The summed E-state index contributed by atoms with van der Waals surface area (Å²) in [6, 6.07) is 6.54. The molecular formula is C26H33ClN6O3S. The number of fused-ring (bicyclic) bond motifs is 1. The van der Waals surface area contributed by atoms with E-state index in [1.54, 1.807) is 42.9 Å². The largest absolute Gasteiger partial charge is 0.368 e. The molecule has 0 saturated heterocycles. The molecule has 3 aliphatic rings. The van der Waals surface area contributed by atoms with Gasteiger partial charge in [0.1, 0.15) is 5.69 Å². The van der Waals surface area contributed by atoms with Gasteiger partial charge in [0.25, 0.3) is 11.8 Å². The molecule has 3 amide bonds. The Labute approximate surface area is 225 Å². The smallest absolute Gasteiger partial charge is 0.268 e. The molecule has 2 aromatic rings. The maximum atomic E-state index is 13.3. The number of H-pyrrole nitrogens is 1. The van der Waals surface area contributed by atoms with Crippen molar-refractivity contribution >= 4 is 52.0 Å². The summed E-state index contributed by atoms with van der Waals surface area (Å²) in [6.45, 7) is 1.81. The maximum Gasteiger partial charge on any atom is 0.268 e. The lowest BCUT2D eigenvalue weighted by Gasteiger charge is -2.37. The summed E-state index contributed by atoms with van der Waals surface area (Å²) in [5.41, 5.74) is 2.41. The molecule has 11 heteroatoms. The van der Waals surface area contributed by atoms with Crippen LogP contribution in [-0.2, 0) is 9.59 Å². The normalized spacial score (nSPS) is 25.9. The van der Waals surface area contributed by atoms with Crippen LogP contribution in [0.3, 0.4) is 0 Å². The first-order chi connectivity index (χ1) is 17.7. The summed E-state index contributed by atoms with van der Waals surface area (Å²) in [7, 11) is 5.58. The fraction of sp³-hybridized carbons (Fsp3) is 0.500. The molecule has 0 bridgehead atoms. The number of thioether (sulfide) groups is 1. The Hall–Kier alpha value is -2.69. The summed E-state index contributed by atoms with van der Waals surface area (Å²) in [5.74, 6) is -0.523. The Kier molecular flexibility index (Phi) is 7.42. The number of benzene rings is 1. The van der Waals surface area contributed by atoms with Gasteiger partial charge in [0.05, 0.1) is 0 Å². The molecule has 1 aromatic heterocycles. The molecule has 1 saturated carbocycles. The van der Waals surface area contributed by atoms with Crippen molar-refractivity contribution < 1.29 is 14.4 Å². The predicted octanol–water partition coefficient (Wildman–Crippen LogP) is 2.50. The lowest BCUT2D eigenvalue weighted by atomic mass is 9.81. The number of aromatic nitrogens is 1. The zero-order valence-corrected chi connectivity index (χ0v) is 22.8. The van der Waals surface area contributed by atoms with Crippen LogP contribution in [0.5, 0.6) is 0 Å². The van der Waals surface area contributed by atoms with Crippen molar-refractivity contribution in [2.45, 2.75) is 43.1 Å².